The first kappa shape index (κ1) is 16.4. The fraction of sp³-hybridized carbons (Fsp3) is 0.286. The molecule has 0 spiro atoms. The second kappa shape index (κ2) is 6.95. The molecule has 3 rings (SSSR count). The molecule has 0 fully saturated rings. The summed E-state index contributed by atoms with van der Waals surface area (Å²) in [5, 5.41) is 25.4. The summed E-state index contributed by atoms with van der Waals surface area (Å²) in [6.07, 6.45) is 7.90. The minimum absolute atomic E-state index is 0.0843. The number of aromatic nitrogens is 6. The van der Waals surface area contributed by atoms with Gasteiger partial charge >= 0.3 is 5.69 Å². The van der Waals surface area contributed by atoms with E-state index in [9.17, 15) is 10.1 Å². The summed E-state index contributed by atoms with van der Waals surface area (Å²) in [5.41, 5.74) is 1.08. The summed E-state index contributed by atoms with van der Waals surface area (Å²) < 4.78 is 3.44. The summed E-state index contributed by atoms with van der Waals surface area (Å²) in [4.78, 5) is 18.9. The maximum absolute atomic E-state index is 11.2. The average Bonchev–Trinajstić information content (AvgIpc) is 3.24. The highest BCUT2D eigenvalue weighted by atomic mass is 16.6. The molecule has 0 aromatic carbocycles. The fourth-order valence-corrected chi connectivity index (χ4v) is 2.13. The molecule has 11 heteroatoms. The molecule has 3 aromatic heterocycles. The Morgan fingerprint density at radius 3 is 2.16 bits per heavy atom. The van der Waals surface area contributed by atoms with E-state index in [0.717, 1.165) is 12.7 Å². The second-order valence-electron chi connectivity index (χ2n) is 5.10. The molecule has 130 valence electrons. The molecule has 0 bridgehead atoms. The highest BCUT2D eigenvalue weighted by Crippen LogP contribution is 2.26. The van der Waals surface area contributed by atoms with E-state index in [0.29, 0.717) is 17.9 Å². The van der Waals surface area contributed by atoms with Crippen molar-refractivity contribution in [1.82, 2.24) is 29.5 Å². The van der Waals surface area contributed by atoms with Gasteiger partial charge in [0.2, 0.25) is 11.8 Å². The van der Waals surface area contributed by atoms with Gasteiger partial charge in [0.05, 0.1) is 28.7 Å². The first-order valence-electron chi connectivity index (χ1n) is 7.69. The summed E-state index contributed by atoms with van der Waals surface area (Å²) in [7, 11) is 0. The molecule has 0 unspecified atom stereocenters. The van der Waals surface area contributed by atoms with Crippen molar-refractivity contribution in [2.75, 3.05) is 10.6 Å². The quantitative estimate of drug-likeness (QED) is 0.494. The van der Waals surface area contributed by atoms with Crippen LogP contribution in [-0.4, -0.2) is 34.5 Å². The number of aryl methyl sites for hydroxylation is 2. The molecule has 0 saturated carbocycles. The monoisotopic (exact) mass is 343 g/mol. The highest BCUT2D eigenvalue weighted by Gasteiger charge is 2.18. The fourth-order valence-electron chi connectivity index (χ4n) is 2.13. The lowest BCUT2D eigenvalue weighted by atomic mass is 10.4. The Balaban J connectivity index is 1.87. The number of hydrogen-bond acceptors (Lipinski definition) is 8. The predicted octanol–water partition coefficient (Wildman–Crippen LogP) is 2.30. The van der Waals surface area contributed by atoms with Crippen molar-refractivity contribution in [2.24, 2.45) is 0 Å². The van der Waals surface area contributed by atoms with E-state index in [-0.39, 0.29) is 17.5 Å². The van der Waals surface area contributed by atoms with Crippen LogP contribution in [0, 0.1) is 10.1 Å². The van der Waals surface area contributed by atoms with E-state index >= 15 is 0 Å². The maximum Gasteiger partial charge on any atom is 0.329 e. The van der Waals surface area contributed by atoms with E-state index in [1.807, 2.05) is 13.8 Å². The Hall–Kier alpha value is -3.50. The van der Waals surface area contributed by atoms with Crippen molar-refractivity contribution < 1.29 is 4.92 Å². The van der Waals surface area contributed by atoms with Crippen LogP contribution in [0.15, 0.2) is 31.0 Å². The van der Waals surface area contributed by atoms with Crippen LogP contribution in [0.3, 0.4) is 0 Å². The molecule has 0 aliphatic rings. The number of nitro groups is 1. The van der Waals surface area contributed by atoms with Crippen LogP contribution >= 0.6 is 0 Å². The molecule has 0 aliphatic heterocycles. The number of hydrogen-bond donors (Lipinski definition) is 2. The Labute approximate surface area is 142 Å². The maximum atomic E-state index is 11.2. The minimum atomic E-state index is -0.536. The average molecular weight is 343 g/mol. The molecule has 0 radical (unpaired) electrons. The van der Waals surface area contributed by atoms with E-state index in [2.05, 4.69) is 30.8 Å². The van der Waals surface area contributed by atoms with Crippen molar-refractivity contribution in [2.45, 2.75) is 26.9 Å². The molecule has 2 N–H and O–H groups in total. The van der Waals surface area contributed by atoms with Gasteiger partial charge in [0.1, 0.15) is 6.20 Å². The van der Waals surface area contributed by atoms with E-state index in [4.69, 9.17) is 0 Å². The van der Waals surface area contributed by atoms with E-state index in [1.54, 1.807) is 34.2 Å². The first-order valence-corrected chi connectivity index (χ1v) is 7.69. The lowest BCUT2D eigenvalue weighted by Crippen LogP contribution is -2.04. The molecular formula is C14H17N9O2. The van der Waals surface area contributed by atoms with Crippen LogP contribution in [-0.2, 0) is 13.1 Å². The molecular weight excluding hydrogens is 326 g/mol. The summed E-state index contributed by atoms with van der Waals surface area (Å²) in [6, 6.07) is 0. The molecule has 0 aliphatic carbocycles. The van der Waals surface area contributed by atoms with Crippen LogP contribution in [0.5, 0.6) is 0 Å². The first-order chi connectivity index (χ1) is 12.1. The SMILES string of the molecule is CCn1cc(Nc2ncc([N+](=O)[O-])c(Nc3cnn(CC)c3)n2)cn1. The van der Waals surface area contributed by atoms with Crippen LogP contribution in [0.2, 0.25) is 0 Å². The standard InChI is InChI=1S/C14H17N9O2/c1-3-21-8-10(5-16-21)18-13-12(23(24)25)7-15-14(20-13)19-11-6-17-22(4-2)9-11/h5-9H,3-4H2,1-2H3,(H2,15,18,19,20). The molecule has 11 nitrogen and oxygen atoms in total. The number of nitrogens with one attached hydrogen (secondary N) is 2. The zero-order valence-corrected chi connectivity index (χ0v) is 13.7. The van der Waals surface area contributed by atoms with Gasteiger partial charge in [-0.05, 0) is 13.8 Å². The van der Waals surface area contributed by atoms with Gasteiger partial charge in [-0.3, -0.25) is 19.5 Å². The number of anilines is 4. The van der Waals surface area contributed by atoms with Gasteiger partial charge in [-0.25, -0.2) is 4.98 Å². The van der Waals surface area contributed by atoms with Crippen LogP contribution < -0.4 is 10.6 Å². The van der Waals surface area contributed by atoms with E-state index < -0.39 is 4.92 Å². The lowest BCUT2D eigenvalue weighted by Gasteiger charge is -2.06. The van der Waals surface area contributed by atoms with Crippen LogP contribution in [0.4, 0.5) is 28.8 Å². The van der Waals surface area contributed by atoms with Crippen molar-refractivity contribution in [3.63, 3.8) is 0 Å². The van der Waals surface area contributed by atoms with Gasteiger partial charge in [-0.2, -0.15) is 15.2 Å². The zero-order valence-electron chi connectivity index (χ0n) is 13.7. The number of nitrogens with zero attached hydrogens (tertiary/aromatic N) is 7. The summed E-state index contributed by atoms with van der Waals surface area (Å²) >= 11 is 0. The third-order valence-electron chi connectivity index (χ3n) is 3.40. The third-order valence-corrected chi connectivity index (χ3v) is 3.40. The van der Waals surface area contributed by atoms with Crippen molar-refractivity contribution >= 4 is 28.8 Å². The highest BCUT2D eigenvalue weighted by molar-refractivity contribution is 5.66. The summed E-state index contributed by atoms with van der Waals surface area (Å²) in [5.74, 6) is 0.313. The lowest BCUT2D eigenvalue weighted by molar-refractivity contribution is -0.384. The molecule has 0 saturated heterocycles. The Kier molecular flexibility index (Phi) is 4.55. The van der Waals surface area contributed by atoms with Gasteiger partial charge in [0.15, 0.2) is 0 Å². The van der Waals surface area contributed by atoms with Crippen molar-refractivity contribution in [1.29, 1.82) is 0 Å². The molecule has 0 atom stereocenters. The van der Waals surface area contributed by atoms with E-state index in [1.165, 1.54) is 0 Å². The second-order valence-corrected chi connectivity index (χ2v) is 5.10. The third kappa shape index (κ3) is 3.71. The predicted molar refractivity (Wildman–Crippen MR) is 91.1 cm³/mol. The Bertz CT molecular complexity index is 886. The Morgan fingerprint density at radius 1 is 1.04 bits per heavy atom. The molecule has 3 aromatic rings. The molecule has 25 heavy (non-hydrogen) atoms. The summed E-state index contributed by atoms with van der Waals surface area (Å²) in [6.45, 7) is 5.35. The van der Waals surface area contributed by atoms with Gasteiger partial charge < -0.3 is 10.6 Å². The minimum Gasteiger partial charge on any atom is -0.332 e. The van der Waals surface area contributed by atoms with Gasteiger partial charge in [0, 0.05) is 25.5 Å². The zero-order chi connectivity index (χ0) is 17.8. The number of rotatable bonds is 7. The van der Waals surface area contributed by atoms with Crippen molar-refractivity contribution in [3.05, 3.63) is 41.1 Å². The topological polar surface area (TPSA) is 129 Å². The largest absolute Gasteiger partial charge is 0.332 e. The van der Waals surface area contributed by atoms with Crippen molar-refractivity contribution in [3.8, 4) is 0 Å². The van der Waals surface area contributed by atoms with Gasteiger partial charge in [0.25, 0.3) is 0 Å². The smallest absolute Gasteiger partial charge is 0.329 e. The normalized spacial score (nSPS) is 10.6. The Morgan fingerprint density at radius 2 is 1.64 bits per heavy atom. The van der Waals surface area contributed by atoms with Gasteiger partial charge in [-0.15, -0.1) is 0 Å². The molecule has 3 heterocycles. The van der Waals surface area contributed by atoms with Crippen LogP contribution in [0.1, 0.15) is 13.8 Å². The van der Waals surface area contributed by atoms with Gasteiger partial charge in [-0.1, -0.05) is 0 Å². The van der Waals surface area contributed by atoms with Crippen LogP contribution in [0.25, 0.3) is 0 Å². The molecule has 0 amide bonds.